The molecule has 0 fully saturated rings. The van der Waals surface area contributed by atoms with Crippen LogP contribution in [-0.2, 0) is 24.6 Å². The van der Waals surface area contributed by atoms with Crippen molar-refractivity contribution >= 4 is 17.5 Å². The smallest absolute Gasteiger partial charge is 0.251 e. The van der Waals surface area contributed by atoms with Crippen molar-refractivity contribution in [2.24, 2.45) is 7.05 Å². The number of benzene rings is 2. The van der Waals surface area contributed by atoms with Gasteiger partial charge in [0.15, 0.2) is 0 Å². The van der Waals surface area contributed by atoms with E-state index >= 15 is 0 Å². The van der Waals surface area contributed by atoms with E-state index in [-0.39, 0.29) is 5.91 Å². The maximum atomic E-state index is 12.4. The molecule has 0 saturated carbocycles. The van der Waals surface area contributed by atoms with Crippen LogP contribution >= 0.6 is 0 Å². The summed E-state index contributed by atoms with van der Waals surface area (Å²) in [5.41, 5.74) is 8.61. The Kier molecular flexibility index (Phi) is 6.87. The van der Waals surface area contributed by atoms with Gasteiger partial charge in [-0.05, 0) is 49.1 Å². The van der Waals surface area contributed by atoms with Gasteiger partial charge in [0, 0.05) is 43.6 Å². The molecule has 9 heteroatoms. The average Bonchev–Trinajstić information content (AvgIpc) is 3.25. The lowest BCUT2D eigenvalue weighted by Gasteiger charge is -2.18. The van der Waals surface area contributed by atoms with Crippen molar-refractivity contribution in [1.29, 1.82) is 0 Å². The highest BCUT2D eigenvalue weighted by Crippen LogP contribution is 2.40. The zero-order chi connectivity index (χ0) is 25.9. The van der Waals surface area contributed by atoms with Crippen molar-refractivity contribution in [2.75, 3.05) is 32.7 Å². The van der Waals surface area contributed by atoms with Crippen molar-refractivity contribution in [1.82, 2.24) is 25.1 Å². The first-order chi connectivity index (χ1) is 18.0. The third-order valence-electron chi connectivity index (χ3n) is 6.55. The van der Waals surface area contributed by atoms with E-state index in [1.807, 2.05) is 30.1 Å². The van der Waals surface area contributed by atoms with Gasteiger partial charge >= 0.3 is 0 Å². The van der Waals surface area contributed by atoms with E-state index in [4.69, 9.17) is 19.6 Å². The van der Waals surface area contributed by atoms with E-state index < -0.39 is 0 Å². The van der Waals surface area contributed by atoms with Gasteiger partial charge in [-0.1, -0.05) is 24.3 Å². The van der Waals surface area contributed by atoms with Crippen molar-refractivity contribution in [3.05, 3.63) is 71.0 Å². The number of fused-ring (bicyclic) bond motifs is 3. The van der Waals surface area contributed by atoms with E-state index in [0.717, 1.165) is 46.6 Å². The van der Waals surface area contributed by atoms with Crippen molar-refractivity contribution in [2.45, 2.75) is 19.8 Å². The Bertz CT molecular complexity index is 1460. The number of nitrogens with one attached hydrogen (secondary N) is 2. The summed E-state index contributed by atoms with van der Waals surface area (Å²) in [5, 5.41) is 10.9. The number of amides is 1. The molecule has 0 radical (unpaired) electrons. The average molecular weight is 499 g/mol. The van der Waals surface area contributed by atoms with Gasteiger partial charge in [-0.15, -0.1) is 0 Å². The summed E-state index contributed by atoms with van der Waals surface area (Å²) in [7, 11) is 5.15. The lowest BCUT2D eigenvalue weighted by atomic mass is 9.90. The minimum atomic E-state index is -0.195. The zero-order valence-corrected chi connectivity index (χ0v) is 21.5. The number of hydrogen-bond donors (Lipinski definition) is 2. The number of aromatic nitrogens is 4. The quantitative estimate of drug-likeness (QED) is 0.353. The van der Waals surface area contributed by atoms with E-state index in [1.54, 1.807) is 32.4 Å². The summed E-state index contributed by atoms with van der Waals surface area (Å²) in [6.07, 6.45) is 3.56. The summed E-state index contributed by atoms with van der Waals surface area (Å²) in [6, 6.07) is 13.5. The molecule has 0 atom stereocenters. The van der Waals surface area contributed by atoms with Crippen LogP contribution in [0.15, 0.2) is 48.7 Å². The fourth-order valence-electron chi connectivity index (χ4n) is 4.70. The molecule has 0 saturated heterocycles. The van der Waals surface area contributed by atoms with Crippen LogP contribution in [0.4, 0.5) is 11.6 Å². The highest BCUT2D eigenvalue weighted by atomic mass is 16.5. The third kappa shape index (κ3) is 4.77. The Labute approximate surface area is 215 Å². The molecular formula is C28H30N6O3. The maximum Gasteiger partial charge on any atom is 0.251 e. The number of carbonyl (C=O) groups is 1. The molecule has 0 bridgehead atoms. The monoisotopic (exact) mass is 498 g/mol. The highest BCUT2D eigenvalue weighted by molar-refractivity contribution is 5.95. The molecule has 9 nitrogen and oxygen atoms in total. The first-order valence-electron chi connectivity index (χ1n) is 12.2. The molecule has 1 aliphatic rings. The molecule has 1 aliphatic carbocycles. The van der Waals surface area contributed by atoms with Crippen LogP contribution in [0.25, 0.3) is 22.5 Å². The molecule has 4 aromatic rings. The molecule has 0 aliphatic heterocycles. The standard InChI is InChI=1S/C28H30N6O3/c1-17-7-5-6-8-20(17)26-24-22(33-34(26)2)12-10-19-16-30-28(32-25(19)24)31-21-11-9-18(15-23(21)37-4)27(35)29-13-14-36-3/h5-9,11,15-16H,10,12-14H2,1-4H3,(H,29,35)(H,30,31,32). The van der Waals surface area contributed by atoms with Gasteiger partial charge < -0.3 is 20.1 Å². The summed E-state index contributed by atoms with van der Waals surface area (Å²) in [6.45, 7) is 2.99. The highest BCUT2D eigenvalue weighted by Gasteiger charge is 2.27. The van der Waals surface area contributed by atoms with E-state index in [9.17, 15) is 4.79 Å². The number of nitrogens with zero attached hydrogens (tertiary/aromatic N) is 4. The van der Waals surface area contributed by atoms with Crippen LogP contribution in [0, 0.1) is 6.92 Å². The molecule has 2 aromatic carbocycles. The maximum absolute atomic E-state index is 12.4. The minimum absolute atomic E-state index is 0.195. The van der Waals surface area contributed by atoms with Gasteiger partial charge in [0.25, 0.3) is 5.91 Å². The van der Waals surface area contributed by atoms with E-state index in [0.29, 0.717) is 36.1 Å². The topological polar surface area (TPSA) is 103 Å². The second-order valence-electron chi connectivity index (χ2n) is 8.97. The summed E-state index contributed by atoms with van der Waals surface area (Å²) < 4.78 is 12.5. The molecule has 2 heterocycles. The zero-order valence-electron chi connectivity index (χ0n) is 21.5. The predicted octanol–water partition coefficient (Wildman–Crippen LogP) is 4.08. The predicted molar refractivity (Wildman–Crippen MR) is 142 cm³/mol. The number of methoxy groups -OCH3 is 2. The van der Waals surface area contributed by atoms with Crippen LogP contribution in [-0.4, -0.2) is 53.0 Å². The molecule has 2 N–H and O–H groups in total. The molecule has 37 heavy (non-hydrogen) atoms. The van der Waals surface area contributed by atoms with Crippen molar-refractivity contribution in [3.63, 3.8) is 0 Å². The first kappa shape index (κ1) is 24.5. The van der Waals surface area contributed by atoms with Gasteiger partial charge in [0.05, 0.1) is 36.5 Å². The van der Waals surface area contributed by atoms with Gasteiger partial charge in [-0.25, -0.2) is 9.97 Å². The Hall–Kier alpha value is -4.24. The second kappa shape index (κ2) is 10.4. The number of carbonyl (C=O) groups excluding carboxylic acids is 1. The lowest BCUT2D eigenvalue weighted by Crippen LogP contribution is -2.26. The number of rotatable bonds is 8. The molecule has 0 spiro atoms. The molecule has 190 valence electrons. The van der Waals surface area contributed by atoms with Crippen molar-refractivity contribution in [3.8, 4) is 28.3 Å². The molecule has 0 unspecified atom stereocenters. The van der Waals surface area contributed by atoms with Gasteiger partial charge in [0.2, 0.25) is 5.95 Å². The Balaban J connectivity index is 1.48. The van der Waals surface area contributed by atoms with Gasteiger partial charge in [-0.3, -0.25) is 9.48 Å². The van der Waals surface area contributed by atoms with Crippen LogP contribution < -0.4 is 15.4 Å². The molecule has 5 rings (SSSR count). The largest absolute Gasteiger partial charge is 0.495 e. The van der Waals surface area contributed by atoms with Crippen LogP contribution in [0.1, 0.15) is 27.2 Å². The fraction of sp³-hybridized carbons (Fsp3) is 0.286. The number of ether oxygens (including phenoxy) is 2. The Morgan fingerprint density at radius 1 is 1.14 bits per heavy atom. The second-order valence-corrected chi connectivity index (χ2v) is 8.97. The van der Waals surface area contributed by atoms with Crippen molar-refractivity contribution < 1.29 is 14.3 Å². The van der Waals surface area contributed by atoms with Gasteiger partial charge in [0.1, 0.15) is 5.75 Å². The number of aryl methyl sites for hydroxylation is 4. The SMILES string of the molecule is COCCNC(=O)c1ccc(Nc2ncc3c(n2)-c2c(nn(C)c2-c2ccccc2C)CC3)c(OC)c1. The number of anilines is 2. The minimum Gasteiger partial charge on any atom is -0.495 e. The molecule has 1 amide bonds. The summed E-state index contributed by atoms with van der Waals surface area (Å²) in [5.74, 6) is 0.768. The van der Waals surface area contributed by atoms with Crippen LogP contribution in [0.5, 0.6) is 5.75 Å². The third-order valence-corrected chi connectivity index (χ3v) is 6.55. The number of hydrogen-bond acceptors (Lipinski definition) is 7. The first-order valence-corrected chi connectivity index (χ1v) is 12.2. The van der Waals surface area contributed by atoms with E-state index in [1.165, 1.54) is 5.56 Å². The summed E-state index contributed by atoms with van der Waals surface area (Å²) in [4.78, 5) is 21.9. The van der Waals surface area contributed by atoms with E-state index in [2.05, 4.69) is 34.7 Å². The molecular weight excluding hydrogens is 468 g/mol. The Morgan fingerprint density at radius 2 is 1.97 bits per heavy atom. The normalized spacial score (nSPS) is 12.0. The Morgan fingerprint density at radius 3 is 2.76 bits per heavy atom. The van der Waals surface area contributed by atoms with Crippen LogP contribution in [0.2, 0.25) is 0 Å². The van der Waals surface area contributed by atoms with Gasteiger partial charge in [-0.2, -0.15) is 5.10 Å². The summed E-state index contributed by atoms with van der Waals surface area (Å²) >= 11 is 0. The fourth-order valence-corrected chi connectivity index (χ4v) is 4.70. The lowest BCUT2D eigenvalue weighted by molar-refractivity contribution is 0.0937. The van der Waals surface area contributed by atoms with Crippen LogP contribution in [0.3, 0.4) is 0 Å². The molecule has 2 aromatic heterocycles.